The molecular formula is C11H18N2OS. The molecule has 2 rings (SSSR count). The molecule has 0 spiro atoms. The second-order valence-electron chi connectivity index (χ2n) is 4.55. The van der Waals surface area contributed by atoms with Crippen LogP contribution in [0, 0.1) is 5.92 Å². The molecule has 2 saturated heterocycles. The molecular weight excluding hydrogens is 208 g/mol. The first-order valence-electron chi connectivity index (χ1n) is 5.75. The van der Waals surface area contributed by atoms with Crippen molar-refractivity contribution in [2.75, 3.05) is 26.2 Å². The molecule has 1 atom stereocenters. The smallest absolute Gasteiger partial charge is 0.320 e. The number of urea groups is 1. The lowest BCUT2D eigenvalue weighted by molar-refractivity contribution is 0.164. The highest BCUT2D eigenvalue weighted by molar-refractivity contribution is 7.80. The fraction of sp³-hybridized carbons (Fsp3) is 0.818. The molecule has 1 unspecified atom stereocenters. The van der Waals surface area contributed by atoms with Gasteiger partial charge in [0.1, 0.15) is 0 Å². The van der Waals surface area contributed by atoms with Crippen molar-refractivity contribution in [3.63, 3.8) is 0 Å². The van der Waals surface area contributed by atoms with E-state index in [1.165, 1.54) is 0 Å². The second kappa shape index (κ2) is 4.47. The molecule has 0 aromatic heterocycles. The molecule has 4 heteroatoms. The summed E-state index contributed by atoms with van der Waals surface area (Å²) in [7, 11) is 0. The topological polar surface area (TPSA) is 23.6 Å². The molecule has 0 aromatic rings. The van der Waals surface area contributed by atoms with Gasteiger partial charge in [0.15, 0.2) is 0 Å². The lowest BCUT2D eigenvalue weighted by Crippen LogP contribution is -2.48. The molecule has 2 fully saturated rings. The van der Waals surface area contributed by atoms with Crippen molar-refractivity contribution in [1.29, 1.82) is 0 Å². The van der Waals surface area contributed by atoms with Crippen molar-refractivity contribution in [2.24, 2.45) is 5.92 Å². The predicted octanol–water partition coefficient (Wildman–Crippen LogP) is 1.91. The standard InChI is InChI=1S/C11H18N2OS/c1-9-4-7-13(8-10(9)15)11(14)12-5-2-3-6-12/h9H,2-8H2,1H3. The van der Waals surface area contributed by atoms with Gasteiger partial charge in [-0.05, 0) is 25.2 Å². The van der Waals surface area contributed by atoms with Crippen LogP contribution in [0.25, 0.3) is 0 Å². The van der Waals surface area contributed by atoms with Gasteiger partial charge in [-0.2, -0.15) is 0 Å². The summed E-state index contributed by atoms with van der Waals surface area (Å²) in [5.41, 5.74) is 0. The van der Waals surface area contributed by atoms with Crippen LogP contribution in [0.4, 0.5) is 4.79 Å². The number of carbonyl (C=O) groups excluding carboxylic acids is 1. The van der Waals surface area contributed by atoms with Crippen LogP contribution in [0.5, 0.6) is 0 Å². The van der Waals surface area contributed by atoms with Gasteiger partial charge in [0.2, 0.25) is 0 Å². The minimum Gasteiger partial charge on any atom is -0.325 e. The average molecular weight is 226 g/mol. The van der Waals surface area contributed by atoms with E-state index in [9.17, 15) is 4.79 Å². The molecule has 0 aliphatic carbocycles. The van der Waals surface area contributed by atoms with Crippen LogP contribution in [0.3, 0.4) is 0 Å². The molecule has 0 bridgehead atoms. The van der Waals surface area contributed by atoms with E-state index in [1.807, 2.05) is 9.80 Å². The molecule has 2 aliphatic heterocycles. The predicted molar refractivity (Wildman–Crippen MR) is 64.2 cm³/mol. The Morgan fingerprint density at radius 1 is 1.27 bits per heavy atom. The van der Waals surface area contributed by atoms with Gasteiger partial charge in [-0.3, -0.25) is 0 Å². The zero-order valence-electron chi connectivity index (χ0n) is 9.24. The normalized spacial score (nSPS) is 27.3. The van der Waals surface area contributed by atoms with Crippen LogP contribution in [0.15, 0.2) is 0 Å². The number of piperidine rings is 1. The first-order chi connectivity index (χ1) is 7.18. The molecule has 15 heavy (non-hydrogen) atoms. The van der Waals surface area contributed by atoms with Crippen molar-refractivity contribution in [2.45, 2.75) is 26.2 Å². The molecule has 0 radical (unpaired) electrons. The fourth-order valence-corrected chi connectivity index (χ4v) is 2.48. The largest absolute Gasteiger partial charge is 0.325 e. The molecule has 0 saturated carbocycles. The molecule has 2 heterocycles. The van der Waals surface area contributed by atoms with Gasteiger partial charge in [-0.1, -0.05) is 19.1 Å². The van der Waals surface area contributed by atoms with Crippen molar-refractivity contribution in [3.8, 4) is 0 Å². The van der Waals surface area contributed by atoms with Crippen molar-refractivity contribution in [3.05, 3.63) is 0 Å². The monoisotopic (exact) mass is 226 g/mol. The highest BCUT2D eigenvalue weighted by atomic mass is 32.1. The third-order valence-corrected chi connectivity index (χ3v) is 3.91. The van der Waals surface area contributed by atoms with E-state index in [-0.39, 0.29) is 6.03 Å². The number of likely N-dealkylation sites (tertiary alicyclic amines) is 2. The zero-order chi connectivity index (χ0) is 10.8. The Balaban J connectivity index is 1.93. The Morgan fingerprint density at radius 2 is 1.93 bits per heavy atom. The van der Waals surface area contributed by atoms with E-state index in [2.05, 4.69) is 6.92 Å². The third-order valence-electron chi connectivity index (χ3n) is 3.38. The van der Waals surface area contributed by atoms with Crippen molar-refractivity contribution in [1.82, 2.24) is 9.80 Å². The fourth-order valence-electron chi connectivity index (χ4n) is 2.21. The highest BCUT2D eigenvalue weighted by Gasteiger charge is 2.28. The minimum atomic E-state index is 0.196. The van der Waals surface area contributed by atoms with Gasteiger partial charge in [0.25, 0.3) is 0 Å². The van der Waals surface area contributed by atoms with E-state index >= 15 is 0 Å². The first-order valence-corrected chi connectivity index (χ1v) is 6.16. The number of hydrogen-bond donors (Lipinski definition) is 0. The number of nitrogens with zero attached hydrogens (tertiary/aromatic N) is 2. The van der Waals surface area contributed by atoms with Gasteiger partial charge < -0.3 is 9.80 Å². The molecule has 2 amide bonds. The lowest BCUT2D eigenvalue weighted by Gasteiger charge is -2.33. The molecule has 84 valence electrons. The molecule has 0 aromatic carbocycles. The van der Waals surface area contributed by atoms with Crippen molar-refractivity contribution < 1.29 is 4.79 Å². The third kappa shape index (κ3) is 2.30. The molecule has 0 N–H and O–H groups in total. The van der Waals surface area contributed by atoms with Crippen LogP contribution in [0.2, 0.25) is 0 Å². The summed E-state index contributed by atoms with van der Waals surface area (Å²) in [6.07, 6.45) is 3.33. The average Bonchev–Trinajstić information content (AvgIpc) is 2.74. The number of amides is 2. The van der Waals surface area contributed by atoms with Crippen LogP contribution in [0.1, 0.15) is 26.2 Å². The second-order valence-corrected chi connectivity index (χ2v) is 5.08. The lowest BCUT2D eigenvalue weighted by atomic mass is 9.99. The molecule has 3 nitrogen and oxygen atoms in total. The van der Waals surface area contributed by atoms with Crippen LogP contribution in [-0.4, -0.2) is 46.9 Å². The Hall–Kier alpha value is -0.640. The summed E-state index contributed by atoms with van der Waals surface area (Å²) >= 11 is 5.29. The van der Waals surface area contributed by atoms with E-state index in [0.717, 1.165) is 43.8 Å². The van der Waals surface area contributed by atoms with Crippen LogP contribution in [-0.2, 0) is 0 Å². The van der Waals surface area contributed by atoms with Crippen molar-refractivity contribution >= 4 is 23.1 Å². The van der Waals surface area contributed by atoms with Gasteiger partial charge in [-0.15, -0.1) is 0 Å². The van der Waals surface area contributed by atoms with E-state index in [0.29, 0.717) is 12.5 Å². The maximum absolute atomic E-state index is 12.0. The Bertz CT molecular complexity index is 274. The van der Waals surface area contributed by atoms with Crippen LogP contribution >= 0.6 is 12.2 Å². The van der Waals surface area contributed by atoms with Crippen LogP contribution < -0.4 is 0 Å². The van der Waals surface area contributed by atoms with Gasteiger partial charge >= 0.3 is 6.03 Å². The van der Waals surface area contributed by atoms with E-state index in [4.69, 9.17) is 12.2 Å². The summed E-state index contributed by atoms with van der Waals surface area (Å²) in [5.74, 6) is 0.502. The van der Waals surface area contributed by atoms with E-state index < -0.39 is 0 Å². The maximum Gasteiger partial charge on any atom is 0.320 e. The maximum atomic E-state index is 12.0. The van der Waals surface area contributed by atoms with Gasteiger partial charge in [0.05, 0.1) is 6.54 Å². The number of rotatable bonds is 0. The highest BCUT2D eigenvalue weighted by Crippen LogP contribution is 2.18. The Labute approximate surface area is 96.4 Å². The number of thiocarbonyl (C=S) groups is 1. The number of carbonyl (C=O) groups is 1. The SMILES string of the molecule is CC1CCN(C(=O)N2CCCC2)CC1=S. The number of hydrogen-bond acceptors (Lipinski definition) is 2. The van der Waals surface area contributed by atoms with E-state index in [1.54, 1.807) is 0 Å². The summed E-state index contributed by atoms with van der Waals surface area (Å²) < 4.78 is 0. The quantitative estimate of drug-likeness (QED) is 0.589. The molecule has 2 aliphatic rings. The van der Waals surface area contributed by atoms with Gasteiger partial charge in [0, 0.05) is 24.5 Å². The Kier molecular flexibility index (Phi) is 3.24. The Morgan fingerprint density at radius 3 is 2.53 bits per heavy atom. The zero-order valence-corrected chi connectivity index (χ0v) is 10.1. The van der Waals surface area contributed by atoms with Gasteiger partial charge in [-0.25, -0.2) is 4.79 Å². The minimum absolute atomic E-state index is 0.196. The summed E-state index contributed by atoms with van der Waals surface area (Å²) in [6.45, 7) is 5.57. The summed E-state index contributed by atoms with van der Waals surface area (Å²) in [5, 5.41) is 0. The summed E-state index contributed by atoms with van der Waals surface area (Å²) in [4.78, 5) is 16.9. The first kappa shape index (κ1) is 10.9. The summed E-state index contributed by atoms with van der Waals surface area (Å²) in [6, 6.07) is 0.196.